The summed E-state index contributed by atoms with van der Waals surface area (Å²) in [6.45, 7) is 2.05. The van der Waals surface area contributed by atoms with Crippen LogP contribution in [0.5, 0.6) is 0 Å². The lowest BCUT2D eigenvalue weighted by Crippen LogP contribution is -2.48. The van der Waals surface area contributed by atoms with Crippen molar-refractivity contribution in [2.24, 2.45) is 0 Å². The van der Waals surface area contributed by atoms with Crippen molar-refractivity contribution in [1.29, 1.82) is 0 Å². The molecule has 0 radical (unpaired) electrons. The molecule has 1 aliphatic rings. The number of carbonyl (C=O) groups is 1. The van der Waals surface area contributed by atoms with E-state index in [-0.39, 0.29) is 11.9 Å². The van der Waals surface area contributed by atoms with Crippen molar-refractivity contribution in [2.75, 3.05) is 25.1 Å². The van der Waals surface area contributed by atoms with Crippen molar-refractivity contribution in [2.45, 2.75) is 25.5 Å². The van der Waals surface area contributed by atoms with Crippen LogP contribution in [0.1, 0.15) is 29.2 Å². The molecule has 8 nitrogen and oxygen atoms in total. The van der Waals surface area contributed by atoms with Gasteiger partial charge in [0.15, 0.2) is 5.82 Å². The molecule has 1 N–H and O–H groups in total. The number of hydrogen-bond acceptors (Lipinski definition) is 8. The maximum absolute atomic E-state index is 12.2. The highest BCUT2D eigenvalue weighted by molar-refractivity contribution is 7.09. The van der Waals surface area contributed by atoms with E-state index in [0.717, 1.165) is 31.1 Å². The Morgan fingerprint density at radius 2 is 2.48 bits per heavy atom. The molecule has 1 amide bonds. The number of anilines is 1. The van der Waals surface area contributed by atoms with Crippen molar-refractivity contribution >= 4 is 22.6 Å². The molecule has 1 saturated heterocycles. The first-order chi connectivity index (χ1) is 11.3. The second kappa shape index (κ2) is 7.42. The minimum Gasteiger partial charge on any atom is -0.377 e. The number of rotatable bonds is 5. The van der Waals surface area contributed by atoms with Crippen LogP contribution in [0, 0.1) is 0 Å². The van der Waals surface area contributed by atoms with Gasteiger partial charge in [-0.2, -0.15) is 4.37 Å². The van der Waals surface area contributed by atoms with Gasteiger partial charge in [0.1, 0.15) is 18.6 Å². The molecule has 1 fully saturated rings. The van der Waals surface area contributed by atoms with Gasteiger partial charge in [-0.3, -0.25) is 4.79 Å². The van der Waals surface area contributed by atoms with E-state index in [4.69, 9.17) is 4.74 Å². The zero-order chi connectivity index (χ0) is 16.1. The van der Waals surface area contributed by atoms with Crippen molar-refractivity contribution in [3.63, 3.8) is 0 Å². The second-order valence-corrected chi connectivity index (χ2v) is 6.01. The van der Waals surface area contributed by atoms with Crippen LogP contribution in [-0.2, 0) is 11.3 Å². The largest absolute Gasteiger partial charge is 0.377 e. The predicted octanol–water partition coefficient (Wildman–Crippen LogP) is 0.873. The van der Waals surface area contributed by atoms with Crippen LogP contribution in [0.15, 0.2) is 18.6 Å². The number of aromatic nitrogens is 4. The van der Waals surface area contributed by atoms with Crippen LogP contribution >= 0.6 is 11.5 Å². The van der Waals surface area contributed by atoms with E-state index in [0.29, 0.717) is 18.1 Å². The number of hydrogen-bond donors (Lipinski definition) is 1. The lowest BCUT2D eigenvalue weighted by atomic mass is 10.1. The van der Waals surface area contributed by atoms with Gasteiger partial charge >= 0.3 is 0 Å². The van der Waals surface area contributed by atoms with Gasteiger partial charge in [0.25, 0.3) is 5.91 Å². The van der Waals surface area contributed by atoms with Gasteiger partial charge in [-0.15, -0.1) is 0 Å². The molecule has 23 heavy (non-hydrogen) atoms. The number of amides is 1. The molecule has 2 aromatic heterocycles. The standard InChI is InChI=1S/C14H18N6O2S/c1-22-8-12-18-14(23-19-12)20-6-2-3-10(7-20)17-13(21)11-4-5-15-9-16-11/h4-5,9-10H,2-3,6-8H2,1H3,(H,17,21). The quantitative estimate of drug-likeness (QED) is 0.867. The smallest absolute Gasteiger partial charge is 0.270 e. The third-order valence-electron chi connectivity index (χ3n) is 3.57. The van der Waals surface area contributed by atoms with Gasteiger partial charge in [0.05, 0.1) is 0 Å². The van der Waals surface area contributed by atoms with Gasteiger partial charge in [0.2, 0.25) is 5.13 Å². The minimum atomic E-state index is -0.170. The average Bonchev–Trinajstić information content (AvgIpc) is 3.05. The van der Waals surface area contributed by atoms with E-state index >= 15 is 0 Å². The molecule has 9 heteroatoms. The monoisotopic (exact) mass is 334 g/mol. The summed E-state index contributed by atoms with van der Waals surface area (Å²) in [7, 11) is 1.63. The fourth-order valence-corrected chi connectivity index (χ4v) is 3.22. The fourth-order valence-electron chi connectivity index (χ4n) is 2.51. The summed E-state index contributed by atoms with van der Waals surface area (Å²) in [6.07, 6.45) is 4.87. The Labute approximate surface area is 138 Å². The number of nitrogens with one attached hydrogen (secondary N) is 1. The third-order valence-corrected chi connectivity index (χ3v) is 4.39. The summed E-state index contributed by atoms with van der Waals surface area (Å²) in [5, 5.41) is 3.90. The Morgan fingerprint density at radius 3 is 3.26 bits per heavy atom. The topological polar surface area (TPSA) is 93.1 Å². The Balaban J connectivity index is 1.60. The Morgan fingerprint density at radius 1 is 1.57 bits per heavy atom. The average molecular weight is 334 g/mol. The zero-order valence-electron chi connectivity index (χ0n) is 12.8. The normalized spacial score (nSPS) is 18.0. The van der Waals surface area contributed by atoms with E-state index in [2.05, 4.69) is 29.5 Å². The summed E-state index contributed by atoms with van der Waals surface area (Å²) in [4.78, 5) is 26.6. The molecule has 1 atom stereocenters. The van der Waals surface area contributed by atoms with Crippen LogP contribution in [0.2, 0.25) is 0 Å². The van der Waals surface area contributed by atoms with Gasteiger partial charge in [-0.05, 0) is 18.9 Å². The number of ether oxygens (including phenoxy) is 1. The minimum absolute atomic E-state index is 0.0704. The number of carbonyl (C=O) groups excluding carboxylic acids is 1. The highest BCUT2D eigenvalue weighted by Gasteiger charge is 2.24. The molecule has 1 aliphatic heterocycles. The summed E-state index contributed by atoms with van der Waals surface area (Å²) in [5.74, 6) is 0.524. The van der Waals surface area contributed by atoms with Gasteiger partial charge < -0.3 is 15.0 Å². The molecule has 0 aliphatic carbocycles. The molecule has 3 rings (SSSR count). The third kappa shape index (κ3) is 3.99. The van der Waals surface area contributed by atoms with E-state index in [1.165, 1.54) is 17.9 Å². The summed E-state index contributed by atoms with van der Waals surface area (Å²) in [5.41, 5.74) is 0.385. The number of piperidine rings is 1. The first-order valence-electron chi connectivity index (χ1n) is 7.39. The van der Waals surface area contributed by atoms with Crippen LogP contribution < -0.4 is 10.2 Å². The van der Waals surface area contributed by atoms with Crippen LogP contribution in [-0.4, -0.2) is 51.5 Å². The summed E-state index contributed by atoms with van der Waals surface area (Å²) < 4.78 is 9.32. The van der Waals surface area contributed by atoms with Crippen LogP contribution in [0.25, 0.3) is 0 Å². The number of nitrogens with zero attached hydrogens (tertiary/aromatic N) is 5. The fraction of sp³-hybridized carbons (Fsp3) is 0.500. The van der Waals surface area contributed by atoms with Crippen molar-refractivity contribution < 1.29 is 9.53 Å². The highest BCUT2D eigenvalue weighted by atomic mass is 32.1. The van der Waals surface area contributed by atoms with Gasteiger partial charge in [-0.1, -0.05) is 0 Å². The predicted molar refractivity (Wildman–Crippen MR) is 85.4 cm³/mol. The molecule has 122 valence electrons. The lowest BCUT2D eigenvalue weighted by Gasteiger charge is -2.32. The van der Waals surface area contributed by atoms with Crippen LogP contribution in [0.4, 0.5) is 5.13 Å². The van der Waals surface area contributed by atoms with E-state index < -0.39 is 0 Å². The number of methoxy groups -OCH3 is 1. The molecular formula is C14H18N6O2S. The van der Waals surface area contributed by atoms with E-state index in [9.17, 15) is 4.79 Å². The van der Waals surface area contributed by atoms with Crippen molar-refractivity contribution in [1.82, 2.24) is 24.6 Å². The zero-order valence-corrected chi connectivity index (χ0v) is 13.6. The van der Waals surface area contributed by atoms with E-state index in [1.807, 2.05) is 0 Å². The lowest BCUT2D eigenvalue weighted by molar-refractivity contribution is 0.0928. The Kier molecular flexibility index (Phi) is 5.09. The maximum atomic E-state index is 12.2. The van der Waals surface area contributed by atoms with Crippen molar-refractivity contribution in [3.8, 4) is 0 Å². The first-order valence-corrected chi connectivity index (χ1v) is 8.17. The molecule has 0 saturated carbocycles. The molecule has 2 aromatic rings. The SMILES string of the molecule is COCc1nsc(N2CCCC(NC(=O)c3ccncn3)C2)n1. The molecule has 1 unspecified atom stereocenters. The molecule has 0 aromatic carbocycles. The molecule has 3 heterocycles. The molecule has 0 bridgehead atoms. The summed E-state index contributed by atoms with van der Waals surface area (Å²) in [6, 6.07) is 1.68. The van der Waals surface area contributed by atoms with Gasteiger partial charge in [-0.25, -0.2) is 15.0 Å². The molecular weight excluding hydrogens is 316 g/mol. The highest BCUT2D eigenvalue weighted by Crippen LogP contribution is 2.22. The van der Waals surface area contributed by atoms with E-state index in [1.54, 1.807) is 19.4 Å². The Bertz CT molecular complexity index is 650. The second-order valence-electron chi connectivity index (χ2n) is 5.28. The summed E-state index contributed by atoms with van der Waals surface area (Å²) >= 11 is 1.36. The van der Waals surface area contributed by atoms with Crippen molar-refractivity contribution in [3.05, 3.63) is 30.1 Å². The maximum Gasteiger partial charge on any atom is 0.270 e. The van der Waals surface area contributed by atoms with Crippen LogP contribution in [0.3, 0.4) is 0 Å². The van der Waals surface area contributed by atoms with Gasteiger partial charge in [0, 0.05) is 44.0 Å². The molecule has 0 spiro atoms. The first kappa shape index (κ1) is 15.8. The Hall–Kier alpha value is -2.13.